The molecule has 0 heterocycles. The molecule has 1 aliphatic carbocycles. The summed E-state index contributed by atoms with van der Waals surface area (Å²) in [5.74, 6) is 0.935. The molecule has 0 aromatic carbocycles. The Morgan fingerprint density at radius 1 is 1.75 bits per heavy atom. The minimum atomic E-state index is 0.935. The van der Waals surface area contributed by atoms with Gasteiger partial charge >= 0.3 is 0 Å². The Hall–Kier alpha value is -0.260. The van der Waals surface area contributed by atoms with E-state index in [1.165, 1.54) is 19.3 Å². The third kappa shape index (κ3) is 1.12. The lowest BCUT2D eigenvalue weighted by Crippen LogP contribution is -1.83. The van der Waals surface area contributed by atoms with E-state index in [4.69, 9.17) is 0 Å². The molecule has 1 rings (SSSR count). The van der Waals surface area contributed by atoms with Gasteiger partial charge in [-0.1, -0.05) is 25.5 Å². The first-order valence-electron chi connectivity index (χ1n) is 3.50. The predicted octanol–water partition coefficient (Wildman–Crippen LogP) is 2.75. The van der Waals surface area contributed by atoms with Gasteiger partial charge in [0.2, 0.25) is 0 Å². The molecular formula is C8H14. The zero-order chi connectivity index (χ0) is 5.98. The molecule has 0 aromatic rings. The Balaban J connectivity index is 2.37. The lowest BCUT2D eigenvalue weighted by molar-refractivity contribution is 0.622. The molecule has 1 aliphatic rings. The van der Waals surface area contributed by atoms with Gasteiger partial charge in [-0.15, -0.1) is 0 Å². The third-order valence-corrected chi connectivity index (χ3v) is 1.87. The standard InChI is InChI=1S/C8H14/c1-3-8-5-4-7(2)6-8/h5,7H,3-4,6H2,1-2H3. The van der Waals surface area contributed by atoms with Crippen LogP contribution in [0, 0.1) is 5.92 Å². The SMILES string of the molecule is CCC1=CCC(C)C1. The van der Waals surface area contributed by atoms with E-state index >= 15 is 0 Å². The van der Waals surface area contributed by atoms with Crippen molar-refractivity contribution in [1.29, 1.82) is 0 Å². The van der Waals surface area contributed by atoms with Crippen molar-refractivity contribution in [2.45, 2.75) is 33.1 Å². The Labute approximate surface area is 51.6 Å². The quantitative estimate of drug-likeness (QED) is 0.455. The van der Waals surface area contributed by atoms with Gasteiger partial charge in [-0.3, -0.25) is 0 Å². The van der Waals surface area contributed by atoms with Crippen molar-refractivity contribution in [2.24, 2.45) is 5.92 Å². The summed E-state index contributed by atoms with van der Waals surface area (Å²) in [5.41, 5.74) is 1.66. The predicted molar refractivity (Wildman–Crippen MR) is 36.8 cm³/mol. The second-order valence-electron chi connectivity index (χ2n) is 2.76. The Morgan fingerprint density at radius 2 is 2.50 bits per heavy atom. The molecule has 46 valence electrons. The third-order valence-electron chi connectivity index (χ3n) is 1.87. The Morgan fingerprint density at radius 3 is 2.75 bits per heavy atom. The fourth-order valence-corrected chi connectivity index (χ4v) is 1.27. The van der Waals surface area contributed by atoms with Gasteiger partial charge in [-0.2, -0.15) is 0 Å². The highest BCUT2D eigenvalue weighted by atomic mass is 14.1. The van der Waals surface area contributed by atoms with Crippen LogP contribution in [-0.4, -0.2) is 0 Å². The molecule has 1 unspecified atom stereocenters. The van der Waals surface area contributed by atoms with Crippen LogP contribution in [0.1, 0.15) is 33.1 Å². The van der Waals surface area contributed by atoms with Gasteiger partial charge in [0, 0.05) is 0 Å². The molecule has 0 heteroatoms. The summed E-state index contributed by atoms with van der Waals surface area (Å²) < 4.78 is 0. The van der Waals surface area contributed by atoms with Crippen LogP contribution in [0.25, 0.3) is 0 Å². The maximum atomic E-state index is 2.39. The molecule has 0 aliphatic heterocycles. The molecule has 0 saturated carbocycles. The Kier molecular flexibility index (Phi) is 1.72. The number of allylic oxidation sites excluding steroid dienone is 2. The van der Waals surface area contributed by atoms with Gasteiger partial charge in [0.05, 0.1) is 0 Å². The molecule has 0 amide bonds. The van der Waals surface area contributed by atoms with Crippen LogP contribution in [0.2, 0.25) is 0 Å². The van der Waals surface area contributed by atoms with Crippen molar-refractivity contribution in [2.75, 3.05) is 0 Å². The Bertz CT molecular complexity index is 101. The molecular weight excluding hydrogens is 96.1 g/mol. The molecule has 0 aromatic heterocycles. The van der Waals surface area contributed by atoms with E-state index in [2.05, 4.69) is 19.9 Å². The van der Waals surface area contributed by atoms with Crippen molar-refractivity contribution in [3.8, 4) is 0 Å². The summed E-state index contributed by atoms with van der Waals surface area (Å²) in [6.07, 6.45) is 6.34. The van der Waals surface area contributed by atoms with Gasteiger partial charge < -0.3 is 0 Å². The van der Waals surface area contributed by atoms with E-state index in [0.29, 0.717) is 0 Å². The van der Waals surface area contributed by atoms with Crippen LogP contribution in [0.3, 0.4) is 0 Å². The zero-order valence-electron chi connectivity index (χ0n) is 5.78. The number of hydrogen-bond donors (Lipinski definition) is 0. The van der Waals surface area contributed by atoms with E-state index in [9.17, 15) is 0 Å². The summed E-state index contributed by atoms with van der Waals surface area (Å²) in [6, 6.07) is 0. The van der Waals surface area contributed by atoms with Crippen LogP contribution in [0.15, 0.2) is 11.6 Å². The van der Waals surface area contributed by atoms with Crippen molar-refractivity contribution >= 4 is 0 Å². The van der Waals surface area contributed by atoms with E-state index in [-0.39, 0.29) is 0 Å². The molecule has 0 saturated heterocycles. The first-order valence-corrected chi connectivity index (χ1v) is 3.50. The van der Waals surface area contributed by atoms with Crippen molar-refractivity contribution in [1.82, 2.24) is 0 Å². The molecule has 1 atom stereocenters. The molecule has 0 nitrogen and oxygen atoms in total. The number of hydrogen-bond acceptors (Lipinski definition) is 0. The van der Waals surface area contributed by atoms with Crippen LogP contribution >= 0.6 is 0 Å². The zero-order valence-corrected chi connectivity index (χ0v) is 5.78. The molecule has 0 fully saturated rings. The van der Waals surface area contributed by atoms with E-state index in [1.807, 2.05) is 0 Å². The van der Waals surface area contributed by atoms with Gasteiger partial charge in [0.1, 0.15) is 0 Å². The van der Waals surface area contributed by atoms with Crippen LogP contribution in [0.4, 0.5) is 0 Å². The van der Waals surface area contributed by atoms with Crippen LogP contribution in [0.5, 0.6) is 0 Å². The monoisotopic (exact) mass is 110 g/mol. The highest BCUT2D eigenvalue weighted by Crippen LogP contribution is 2.25. The molecule has 0 spiro atoms. The van der Waals surface area contributed by atoms with Crippen LogP contribution < -0.4 is 0 Å². The maximum absolute atomic E-state index is 2.39. The average molecular weight is 110 g/mol. The fraction of sp³-hybridized carbons (Fsp3) is 0.750. The summed E-state index contributed by atoms with van der Waals surface area (Å²) in [7, 11) is 0. The maximum Gasteiger partial charge on any atom is -0.0292 e. The van der Waals surface area contributed by atoms with Crippen molar-refractivity contribution in [3.05, 3.63) is 11.6 Å². The molecule has 8 heavy (non-hydrogen) atoms. The highest BCUT2D eigenvalue weighted by molar-refractivity contribution is 5.08. The van der Waals surface area contributed by atoms with Gasteiger partial charge in [-0.05, 0) is 25.2 Å². The smallest absolute Gasteiger partial charge is 0.0292 e. The first kappa shape index (κ1) is 5.87. The van der Waals surface area contributed by atoms with Crippen LogP contribution in [-0.2, 0) is 0 Å². The normalized spacial score (nSPS) is 28.2. The molecule has 0 radical (unpaired) electrons. The second-order valence-corrected chi connectivity index (χ2v) is 2.76. The lowest BCUT2D eigenvalue weighted by Gasteiger charge is -1.97. The second kappa shape index (κ2) is 2.34. The summed E-state index contributed by atoms with van der Waals surface area (Å²) in [4.78, 5) is 0. The fourth-order valence-electron chi connectivity index (χ4n) is 1.27. The average Bonchev–Trinajstić information content (AvgIpc) is 2.14. The molecule has 0 bridgehead atoms. The largest absolute Gasteiger partial charge is 0.0851 e. The van der Waals surface area contributed by atoms with Gasteiger partial charge in [-0.25, -0.2) is 0 Å². The summed E-state index contributed by atoms with van der Waals surface area (Å²) in [6.45, 7) is 4.56. The minimum Gasteiger partial charge on any atom is -0.0851 e. The van der Waals surface area contributed by atoms with Crippen molar-refractivity contribution in [3.63, 3.8) is 0 Å². The molecule has 0 N–H and O–H groups in total. The summed E-state index contributed by atoms with van der Waals surface area (Å²) >= 11 is 0. The topological polar surface area (TPSA) is 0 Å². The van der Waals surface area contributed by atoms with Gasteiger partial charge in [0.25, 0.3) is 0 Å². The van der Waals surface area contributed by atoms with E-state index < -0.39 is 0 Å². The summed E-state index contributed by atoms with van der Waals surface area (Å²) in [5, 5.41) is 0. The van der Waals surface area contributed by atoms with E-state index in [1.54, 1.807) is 5.57 Å². The van der Waals surface area contributed by atoms with Gasteiger partial charge in [0.15, 0.2) is 0 Å². The van der Waals surface area contributed by atoms with Crippen molar-refractivity contribution < 1.29 is 0 Å². The highest BCUT2D eigenvalue weighted by Gasteiger charge is 2.09. The number of rotatable bonds is 1. The minimum absolute atomic E-state index is 0.935. The first-order chi connectivity index (χ1) is 3.83. The lowest BCUT2D eigenvalue weighted by atomic mass is 10.1. The van der Waals surface area contributed by atoms with E-state index in [0.717, 1.165) is 5.92 Å².